The largest absolute Gasteiger partial charge is 0.502 e. The van der Waals surface area contributed by atoms with Crippen molar-refractivity contribution >= 4 is 40.1 Å². The summed E-state index contributed by atoms with van der Waals surface area (Å²) in [5.74, 6) is -3.91. The fraction of sp³-hybridized carbons (Fsp3) is 0.250. The molecular weight excluding hydrogens is 435 g/mol. The molecule has 0 unspecified atom stereocenters. The van der Waals surface area contributed by atoms with Crippen molar-refractivity contribution in [3.05, 3.63) is 56.3 Å². The number of benzene rings is 1. The maximum atomic E-state index is 13.8. The molecule has 1 aliphatic rings. The third-order valence-corrected chi connectivity index (χ3v) is 5.51. The molecule has 4 N–H and O–H groups in total. The normalized spacial score (nSPS) is 24.5. The summed E-state index contributed by atoms with van der Waals surface area (Å²) < 4.78 is 41.4. The van der Waals surface area contributed by atoms with Gasteiger partial charge in [0.25, 0.3) is 0 Å². The topological polar surface area (TPSA) is 125 Å². The second-order valence-corrected chi connectivity index (χ2v) is 7.52. The number of carbonyl (C=O) groups is 1. The van der Waals surface area contributed by atoms with E-state index in [0.29, 0.717) is 0 Å². The Labute approximate surface area is 170 Å². The number of nitro benzene ring substituents is 1. The van der Waals surface area contributed by atoms with Crippen molar-refractivity contribution in [1.29, 1.82) is 0 Å². The zero-order chi connectivity index (χ0) is 21.6. The number of ketones is 1. The van der Waals surface area contributed by atoms with Gasteiger partial charge in [-0.15, -0.1) is 11.3 Å². The standard InChI is InChI=1S/C16H12F3N3O5S2/c17-16(18,19)15(25)11(13(24)10-2-1-5-29-10)12(20-14(28)21-15)7-3-4-9(23)8(6-7)22(26)27/h1-6,11-12,23,25H,(H2,20,21,28)/t11-,12+,15+/m0/s1. The number of alkyl halides is 3. The molecule has 0 aliphatic carbocycles. The lowest BCUT2D eigenvalue weighted by atomic mass is 9.78. The van der Waals surface area contributed by atoms with Crippen molar-refractivity contribution in [3.63, 3.8) is 0 Å². The van der Waals surface area contributed by atoms with Crippen LogP contribution in [-0.2, 0) is 0 Å². The van der Waals surface area contributed by atoms with Crippen LogP contribution in [0.3, 0.4) is 0 Å². The molecule has 1 aromatic carbocycles. The van der Waals surface area contributed by atoms with Crippen LogP contribution < -0.4 is 10.6 Å². The number of hydrogen-bond donors (Lipinski definition) is 4. The summed E-state index contributed by atoms with van der Waals surface area (Å²) in [6.45, 7) is 0. The Bertz CT molecular complexity index is 983. The van der Waals surface area contributed by atoms with E-state index in [4.69, 9.17) is 12.2 Å². The van der Waals surface area contributed by atoms with Crippen LogP contribution in [0.25, 0.3) is 0 Å². The average molecular weight is 447 g/mol. The Kier molecular flexibility index (Phi) is 5.23. The number of nitrogens with zero attached hydrogens (tertiary/aromatic N) is 1. The van der Waals surface area contributed by atoms with Gasteiger partial charge in [-0.2, -0.15) is 13.2 Å². The highest BCUT2D eigenvalue weighted by Gasteiger charge is 2.66. The molecule has 0 bridgehead atoms. The summed E-state index contributed by atoms with van der Waals surface area (Å²) in [4.78, 5) is 23.1. The molecule has 2 heterocycles. The molecule has 1 aliphatic heterocycles. The highest BCUT2D eigenvalue weighted by Crippen LogP contribution is 2.45. The fourth-order valence-electron chi connectivity index (χ4n) is 3.07. The number of halogens is 3. The van der Waals surface area contributed by atoms with Gasteiger partial charge in [-0.1, -0.05) is 12.1 Å². The monoisotopic (exact) mass is 447 g/mol. The van der Waals surface area contributed by atoms with E-state index >= 15 is 0 Å². The van der Waals surface area contributed by atoms with Crippen molar-refractivity contribution in [2.24, 2.45) is 5.92 Å². The van der Waals surface area contributed by atoms with E-state index in [-0.39, 0.29) is 10.4 Å². The van der Waals surface area contributed by atoms with Gasteiger partial charge >= 0.3 is 11.9 Å². The average Bonchev–Trinajstić information content (AvgIpc) is 3.14. The molecule has 154 valence electrons. The number of rotatable bonds is 4. The van der Waals surface area contributed by atoms with Crippen LogP contribution in [0, 0.1) is 16.0 Å². The summed E-state index contributed by atoms with van der Waals surface area (Å²) in [6, 6.07) is 4.04. The van der Waals surface area contributed by atoms with E-state index in [2.05, 4.69) is 5.32 Å². The molecule has 8 nitrogen and oxygen atoms in total. The highest BCUT2D eigenvalue weighted by molar-refractivity contribution is 7.80. The molecule has 0 radical (unpaired) electrons. The Hall–Kier alpha value is -2.77. The third kappa shape index (κ3) is 3.63. The predicted molar refractivity (Wildman–Crippen MR) is 99.5 cm³/mol. The quantitative estimate of drug-likeness (QED) is 0.244. The number of hydrogen-bond acceptors (Lipinski definition) is 7. The zero-order valence-corrected chi connectivity index (χ0v) is 15.8. The first-order chi connectivity index (χ1) is 13.5. The summed E-state index contributed by atoms with van der Waals surface area (Å²) in [6.07, 6.45) is -5.31. The lowest BCUT2D eigenvalue weighted by Crippen LogP contribution is -2.72. The number of aromatic hydroxyl groups is 1. The number of Topliss-reactive ketones (excluding diaryl/α,β-unsaturated/α-hetero) is 1. The van der Waals surface area contributed by atoms with Crippen molar-refractivity contribution < 1.29 is 33.1 Å². The van der Waals surface area contributed by atoms with Gasteiger partial charge in [0, 0.05) is 6.07 Å². The molecule has 0 spiro atoms. The van der Waals surface area contributed by atoms with Gasteiger partial charge in [0.05, 0.1) is 15.8 Å². The summed E-state index contributed by atoms with van der Waals surface area (Å²) in [5.41, 5.74) is -4.64. The van der Waals surface area contributed by atoms with Gasteiger partial charge in [-0.3, -0.25) is 14.9 Å². The molecule has 1 aromatic heterocycles. The van der Waals surface area contributed by atoms with Gasteiger partial charge in [-0.05, 0) is 35.3 Å². The van der Waals surface area contributed by atoms with Gasteiger partial charge in [-0.25, -0.2) is 0 Å². The van der Waals surface area contributed by atoms with Gasteiger partial charge < -0.3 is 20.8 Å². The number of phenolic OH excluding ortho intramolecular Hbond substituents is 1. The Morgan fingerprint density at radius 1 is 1.34 bits per heavy atom. The minimum absolute atomic E-state index is 0.0487. The van der Waals surface area contributed by atoms with Crippen molar-refractivity contribution in [3.8, 4) is 5.75 Å². The van der Waals surface area contributed by atoms with E-state index in [1.165, 1.54) is 17.5 Å². The predicted octanol–water partition coefficient (Wildman–Crippen LogP) is 2.63. The van der Waals surface area contributed by atoms with Crippen molar-refractivity contribution in [1.82, 2.24) is 10.6 Å². The minimum Gasteiger partial charge on any atom is -0.502 e. The molecule has 0 amide bonds. The van der Waals surface area contributed by atoms with Gasteiger partial charge in [0.15, 0.2) is 16.6 Å². The molecule has 29 heavy (non-hydrogen) atoms. The number of carbonyl (C=O) groups excluding carboxylic acids is 1. The summed E-state index contributed by atoms with van der Waals surface area (Å²) in [5, 5.41) is 36.3. The number of nitro groups is 1. The second kappa shape index (κ2) is 7.24. The number of aliphatic hydroxyl groups is 1. The molecule has 0 saturated carbocycles. The molecule has 13 heteroatoms. The van der Waals surface area contributed by atoms with Crippen LogP contribution in [0.1, 0.15) is 21.3 Å². The first-order valence-electron chi connectivity index (χ1n) is 7.88. The number of nitrogens with one attached hydrogen (secondary N) is 2. The van der Waals surface area contributed by atoms with Crippen LogP contribution in [-0.4, -0.2) is 37.9 Å². The maximum absolute atomic E-state index is 13.8. The van der Waals surface area contributed by atoms with E-state index in [0.717, 1.165) is 29.5 Å². The molecule has 3 atom stereocenters. The Morgan fingerprint density at radius 3 is 2.59 bits per heavy atom. The van der Waals surface area contributed by atoms with Crippen LogP contribution in [0.15, 0.2) is 35.7 Å². The SMILES string of the molecule is O=C(c1cccs1)[C@@H]1[C@@H](c2ccc(O)c([N+](=O)[O-])c2)NC(=S)N[C@]1(O)C(F)(F)F. The second-order valence-electron chi connectivity index (χ2n) is 6.16. The summed E-state index contributed by atoms with van der Waals surface area (Å²) >= 11 is 5.66. The first-order valence-corrected chi connectivity index (χ1v) is 9.17. The molecule has 1 saturated heterocycles. The third-order valence-electron chi connectivity index (χ3n) is 4.41. The molecular formula is C16H12F3N3O5S2. The van der Waals surface area contributed by atoms with E-state index in [1.807, 2.05) is 0 Å². The van der Waals surface area contributed by atoms with Crippen LogP contribution in [0.2, 0.25) is 0 Å². The number of phenols is 1. The molecule has 1 fully saturated rings. The van der Waals surface area contributed by atoms with Crippen LogP contribution in [0.4, 0.5) is 18.9 Å². The lowest BCUT2D eigenvalue weighted by Gasteiger charge is -2.46. The van der Waals surface area contributed by atoms with Crippen molar-refractivity contribution in [2.75, 3.05) is 0 Å². The Morgan fingerprint density at radius 2 is 2.03 bits per heavy atom. The first kappa shape index (κ1) is 21.0. The lowest BCUT2D eigenvalue weighted by molar-refractivity contribution is -0.386. The maximum Gasteiger partial charge on any atom is 0.437 e. The summed E-state index contributed by atoms with van der Waals surface area (Å²) in [7, 11) is 0. The van der Waals surface area contributed by atoms with Crippen LogP contribution >= 0.6 is 23.6 Å². The van der Waals surface area contributed by atoms with Crippen molar-refractivity contribution in [2.45, 2.75) is 17.9 Å². The van der Waals surface area contributed by atoms with E-state index in [9.17, 15) is 38.3 Å². The zero-order valence-electron chi connectivity index (χ0n) is 14.1. The van der Waals surface area contributed by atoms with E-state index < -0.39 is 51.1 Å². The molecule has 2 aromatic rings. The smallest absolute Gasteiger partial charge is 0.437 e. The van der Waals surface area contributed by atoms with Crippen LogP contribution in [0.5, 0.6) is 5.75 Å². The minimum atomic E-state index is -5.31. The van der Waals surface area contributed by atoms with Gasteiger partial charge in [0.1, 0.15) is 5.92 Å². The number of thiophene rings is 1. The highest BCUT2D eigenvalue weighted by atomic mass is 32.1. The van der Waals surface area contributed by atoms with E-state index in [1.54, 1.807) is 5.32 Å². The molecule has 3 rings (SSSR count). The number of thiocarbonyl (C=S) groups is 1. The Balaban J connectivity index is 2.19. The fourth-order valence-corrected chi connectivity index (χ4v) is 4.06. The van der Waals surface area contributed by atoms with Gasteiger partial charge in [0.2, 0.25) is 5.72 Å².